The largest absolute Gasteiger partial charge is 1.00 e. The monoisotopic (exact) mass is 443 g/mol. The van der Waals surface area contributed by atoms with Gasteiger partial charge in [0, 0.05) is 16.6 Å². The van der Waals surface area contributed by atoms with Gasteiger partial charge in [-0.05, 0) is 44.8 Å². The Morgan fingerprint density at radius 3 is 2.66 bits per heavy atom. The second kappa shape index (κ2) is 7.95. The third-order valence-electron chi connectivity index (χ3n) is 5.30. The molecule has 1 aliphatic rings. The summed E-state index contributed by atoms with van der Waals surface area (Å²) in [5.74, 6) is -1.83. The Morgan fingerprint density at radius 1 is 1.09 bits per heavy atom. The van der Waals surface area contributed by atoms with Crippen LogP contribution in [0.5, 0.6) is 0 Å². The van der Waals surface area contributed by atoms with Crippen molar-refractivity contribution in [1.29, 1.82) is 0 Å². The molecule has 0 saturated carbocycles. The van der Waals surface area contributed by atoms with Gasteiger partial charge in [0.1, 0.15) is 11.5 Å². The first-order valence-corrected chi connectivity index (χ1v) is 9.54. The number of carbonyl (C=O) groups is 1. The summed E-state index contributed by atoms with van der Waals surface area (Å²) in [5, 5.41) is 17.5. The van der Waals surface area contributed by atoms with Crippen LogP contribution < -0.4 is 29.6 Å². The van der Waals surface area contributed by atoms with Crippen LogP contribution in [0.1, 0.15) is 30.8 Å². The van der Waals surface area contributed by atoms with Crippen molar-refractivity contribution in [3.8, 4) is 11.5 Å². The molecule has 1 amide bonds. The number of nitrogens with zero attached hydrogens (tertiary/aromatic N) is 7. The average molecular weight is 443 g/mol. The predicted molar refractivity (Wildman–Crippen MR) is 108 cm³/mol. The Bertz CT molecular complexity index is 1390. The quantitative estimate of drug-likeness (QED) is 0.433. The van der Waals surface area contributed by atoms with Crippen LogP contribution >= 0.6 is 0 Å². The number of hydrogen-bond donors (Lipinski definition) is 0. The maximum Gasteiger partial charge on any atom is 1.00 e. The topological polar surface area (TPSA) is 101 Å². The number of pyridine rings is 1. The first kappa shape index (κ1) is 22.4. The van der Waals surface area contributed by atoms with Crippen LogP contribution in [0.4, 0.5) is 14.6 Å². The number of aryl methyl sites for hydroxylation is 1. The van der Waals surface area contributed by atoms with Gasteiger partial charge in [-0.2, -0.15) is 15.3 Å². The van der Waals surface area contributed by atoms with Gasteiger partial charge in [0.2, 0.25) is 0 Å². The normalized spacial score (nSPS) is 14.2. The molecular formula is C21H16F2N7NaO. The molecule has 0 atom stereocenters. The summed E-state index contributed by atoms with van der Waals surface area (Å²) in [6.45, 7) is 5.21. The van der Waals surface area contributed by atoms with E-state index in [-0.39, 0.29) is 59.2 Å². The van der Waals surface area contributed by atoms with E-state index in [2.05, 4.69) is 30.6 Å². The average Bonchev–Trinajstić information content (AvgIpc) is 3.19. The van der Waals surface area contributed by atoms with Gasteiger partial charge in [0.05, 0.1) is 17.7 Å². The van der Waals surface area contributed by atoms with Gasteiger partial charge in [-0.3, -0.25) is 4.79 Å². The molecule has 4 heterocycles. The Balaban J connectivity index is 0.00000245. The van der Waals surface area contributed by atoms with Crippen LogP contribution in [-0.2, 0) is 16.8 Å². The number of benzene rings is 1. The fourth-order valence-corrected chi connectivity index (χ4v) is 3.49. The number of halogens is 2. The molecule has 0 N–H and O–H groups in total. The third kappa shape index (κ3) is 3.48. The molecule has 5 rings (SSSR count). The smallest absolute Gasteiger partial charge is 0.415 e. The molecule has 0 saturated heterocycles. The van der Waals surface area contributed by atoms with E-state index in [1.165, 1.54) is 16.8 Å². The Hall–Kier alpha value is -2.82. The molecule has 0 radical (unpaired) electrons. The van der Waals surface area contributed by atoms with E-state index in [1.807, 2.05) is 6.92 Å². The summed E-state index contributed by atoms with van der Waals surface area (Å²) in [7, 11) is 0. The van der Waals surface area contributed by atoms with Crippen LogP contribution in [-0.4, -0.2) is 35.9 Å². The fourth-order valence-electron chi connectivity index (χ4n) is 3.49. The second-order valence-corrected chi connectivity index (χ2v) is 7.89. The molecule has 156 valence electrons. The summed E-state index contributed by atoms with van der Waals surface area (Å²) in [5.41, 5.74) is 1.21. The van der Waals surface area contributed by atoms with Crippen molar-refractivity contribution in [2.24, 2.45) is 0 Å². The molecule has 8 nitrogen and oxygen atoms in total. The molecule has 0 spiro atoms. The van der Waals surface area contributed by atoms with Gasteiger partial charge in [-0.25, -0.2) is 18.4 Å². The number of hydrogen-bond acceptors (Lipinski definition) is 6. The molecule has 3 aromatic heterocycles. The van der Waals surface area contributed by atoms with Crippen LogP contribution in [0.3, 0.4) is 0 Å². The number of aromatic nitrogens is 6. The first-order valence-electron chi connectivity index (χ1n) is 9.54. The maximum absolute atomic E-state index is 14.2. The van der Waals surface area contributed by atoms with E-state index >= 15 is 0 Å². The van der Waals surface area contributed by atoms with E-state index in [0.29, 0.717) is 22.4 Å². The van der Waals surface area contributed by atoms with Crippen molar-refractivity contribution in [2.75, 3.05) is 0 Å². The molecule has 32 heavy (non-hydrogen) atoms. The van der Waals surface area contributed by atoms with Crippen LogP contribution in [0, 0.1) is 18.6 Å². The summed E-state index contributed by atoms with van der Waals surface area (Å²) >= 11 is 0. The van der Waals surface area contributed by atoms with Crippen LogP contribution in [0.15, 0.2) is 30.3 Å². The zero-order valence-corrected chi connectivity index (χ0v) is 19.9. The van der Waals surface area contributed by atoms with Crippen LogP contribution in [0.25, 0.3) is 27.9 Å². The third-order valence-corrected chi connectivity index (χ3v) is 5.30. The molecule has 0 bridgehead atoms. The number of fused-ring (bicyclic) bond motifs is 2. The Labute approximate surface area is 203 Å². The Kier molecular flexibility index (Phi) is 5.56. The second-order valence-electron chi connectivity index (χ2n) is 7.89. The molecule has 4 aromatic rings. The molecule has 0 aliphatic carbocycles. The molecular weight excluding hydrogens is 427 g/mol. The predicted octanol–water partition coefficient (Wildman–Crippen LogP) is 0.745. The summed E-state index contributed by atoms with van der Waals surface area (Å²) in [6.07, 6.45) is 0. The molecule has 0 fully saturated rings. The SMILES string of the molecule is Cc1ccc2c(-c3nnc4c(n3)[N-]C(=O)C4(C)C)nn(Cc3cccc(F)c3F)c2n1.[Na+]. The summed E-state index contributed by atoms with van der Waals surface area (Å²) in [6, 6.07) is 7.60. The number of amides is 1. The summed E-state index contributed by atoms with van der Waals surface area (Å²) < 4.78 is 29.4. The zero-order valence-electron chi connectivity index (χ0n) is 17.9. The fraction of sp³-hybridized carbons (Fsp3) is 0.238. The van der Waals surface area contributed by atoms with Gasteiger partial charge in [0.15, 0.2) is 23.2 Å². The van der Waals surface area contributed by atoms with E-state index < -0.39 is 17.0 Å². The molecule has 1 aliphatic heterocycles. The van der Waals surface area contributed by atoms with Gasteiger partial charge in [-0.1, -0.05) is 12.1 Å². The van der Waals surface area contributed by atoms with Gasteiger partial charge in [0.25, 0.3) is 0 Å². The molecule has 1 aromatic carbocycles. The number of rotatable bonds is 3. The van der Waals surface area contributed by atoms with Crippen molar-refractivity contribution in [3.63, 3.8) is 0 Å². The standard InChI is InChI=1S/C21H17F2N7O.Na/c1-10-7-8-12-15(17-25-18-16(27-28-17)21(2,3)20(31)26-18)29-30(19(12)24-10)9-11-5-4-6-13(22)14(11)23;/h4-8H,9H2,1-3H3,(H,25,26,28,31);/q;+1/p-1. The van der Waals surface area contributed by atoms with E-state index in [4.69, 9.17) is 0 Å². The van der Waals surface area contributed by atoms with E-state index in [1.54, 1.807) is 26.0 Å². The van der Waals surface area contributed by atoms with Crippen molar-refractivity contribution < 1.29 is 43.1 Å². The minimum absolute atomic E-state index is 0. The van der Waals surface area contributed by atoms with Crippen molar-refractivity contribution in [1.82, 2.24) is 29.9 Å². The van der Waals surface area contributed by atoms with E-state index in [0.717, 1.165) is 11.8 Å². The van der Waals surface area contributed by atoms with Crippen molar-refractivity contribution >= 4 is 22.8 Å². The molecule has 0 unspecified atom stereocenters. The van der Waals surface area contributed by atoms with Crippen LogP contribution in [0.2, 0.25) is 0 Å². The van der Waals surface area contributed by atoms with Gasteiger partial charge in [-0.15, -0.1) is 0 Å². The maximum atomic E-state index is 14.2. The minimum Gasteiger partial charge on any atom is -0.415 e. The first-order chi connectivity index (χ1) is 14.8. The van der Waals surface area contributed by atoms with E-state index in [9.17, 15) is 13.6 Å². The van der Waals surface area contributed by atoms with Crippen molar-refractivity contribution in [2.45, 2.75) is 32.7 Å². The molecule has 11 heteroatoms. The Morgan fingerprint density at radius 2 is 1.88 bits per heavy atom. The number of carbonyl (C=O) groups excluding carboxylic acids is 1. The van der Waals surface area contributed by atoms with Gasteiger partial charge >= 0.3 is 29.6 Å². The van der Waals surface area contributed by atoms with Crippen molar-refractivity contribution in [3.05, 3.63) is 64.2 Å². The van der Waals surface area contributed by atoms with Gasteiger partial charge < -0.3 is 10.3 Å². The summed E-state index contributed by atoms with van der Waals surface area (Å²) in [4.78, 5) is 21.1. The zero-order chi connectivity index (χ0) is 21.9. The minimum atomic E-state index is -0.935.